The number of piperazine rings is 1. The molecule has 174 valence electrons. The summed E-state index contributed by atoms with van der Waals surface area (Å²) in [6.45, 7) is 13.8. The Hall–Kier alpha value is -2.26. The van der Waals surface area contributed by atoms with Crippen molar-refractivity contribution < 1.29 is 9.59 Å². The van der Waals surface area contributed by atoms with Gasteiger partial charge in [0.15, 0.2) is 0 Å². The minimum Gasteiger partial charge on any atom is -0.341 e. The van der Waals surface area contributed by atoms with E-state index in [9.17, 15) is 14.4 Å². The number of hydrogen-bond acceptors (Lipinski definition) is 6. The lowest BCUT2D eigenvalue weighted by molar-refractivity contribution is -0.134. The van der Waals surface area contributed by atoms with Gasteiger partial charge in [-0.25, -0.2) is 4.98 Å². The smallest absolute Gasteiger partial charge is 0.264 e. The first-order valence-corrected chi connectivity index (χ1v) is 12.4. The van der Waals surface area contributed by atoms with E-state index in [0.29, 0.717) is 45.6 Å². The lowest BCUT2D eigenvalue weighted by atomic mass is 9.92. The van der Waals surface area contributed by atoms with Crippen LogP contribution < -0.4 is 5.56 Å². The number of nitrogens with zero attached hydrogens (tertiary/aromatic N) is 5. The molecule has 4 heterocycles. The second-order valence-corrected chi connectivity index (χ2v) is 10.4. The van der Waals surface area contributed by atoms with Crippen LogP contribution in [0, 0.1) is 18.8 Å². The summed E-state index contributed by atoms with van der Waals surface area (Å²) in [4.78, 5) is 50.9. The van der Waals surface area contributed by atoms with E-state index in [-0.39, 0.29) is 23.9 Å². The number of carbonyl (C=O) groups excluding carboxylic acids is 2. The Balaban J connectivity index is 1.55. The summed E-state index contributed by atoms with van der Waals surface area (Å²) in [5.41, 5.74) is 0.428. The fraction of sp³-hybridized carbons (Fsp3) is 0.652. The molecule has 2 fully saturated rings. The maximum Gasteiger partial charge on any atom is 0.264 e. The maximum atomic E-state index is 13.2. The van der Waals surface area contributed by atoms with E-state index in [2.05, 4.69) is 30.7 Å². The highest BCUT2D eigenvalue weighted by Gasteiger charge is 2.28. The van der Waals surface area contributed by atoms with Gasteiger partial charge in [-0.3, -0.25) is 19.0 Å². The predicted octanol–water partition coefficient (Wildman–Crippen LogP) is 2.05. The molecule has 0 N–H and O–H groups in total. The highest BCUT2D eigenvalue weighted by molar-refractivity contribution is 7.20. The van der Waals surface area contributed by atoms with E-state index in [1.807, 2.05) is 16.7 Å². The number of likely N-dealkylation sites (N-methyl/N-ethyl adjacent to an activating group) is 1. The molecule has 2 atom stereocenters. The van der Waals surface area contributed by atoms with Crippen molar-refractivity contribution in [1.29, 1.82) is 0 Å². The fourth-order valence-electron chi connectivity index (χ4n) is 5.00. The third-order valence-corrected chi connectivity index (χ3v) is 7.93. The summed E-state index contributed by atoms with van der Waals surface area (Å²) in [7, 11) is 0. The number of thiophene rings is 1. The minimum absolute atomic E-state index is 0.0151. The molecule has 0 aliphatic carbocycles. The number of hydrogen-bond donors (Lipinski definition) is 0. The molecule has 2 aliphatic rings. The Morgan fingerprint density at radius 3 is 2.38 bits per heavy atom. The third-order valence-electron chi connectivity index (χ3n) is 6.75. The van der Waals surface area contributed by atoms with Crippen molar-refractivity contribution in [3.8, 4) is 0 Å². The molecule has 2 aliphatic heterocycles. The average Bonchev–Trinajstić information content (AvgIpc) is 3.11. The summed E-state index contributed by atoms with van der Waals surface area (Å²) < 4.78 is 1.39. The topological polar surface area (TPSA) is 78.8 Å². The van der Waals surface area contributed by atoms with Crippen LogP contribution >= 0.6 is 11.3 Å². The van der Waals surface area contributed by atoms with Crippen molar-refractivity contribution in [2.24, 2.45) is 11.8 Å². The van der Waals surface area contributed by atoms with Crippen LogP contribution in [0.4, 0.5) is 0 Å². The molecule has 0 radical (unpaired) electrons. The molecule has 9 heteroatoms. The van der Waals surface area contributed by atoms with Gasteiger partial charge < -0.3 is 14.7 Å². The van der Waals surface area contributed by atoms with Crippen molar-refractivity contribution >= 4 is 33.4 Å². The predicted molar refractivity (Wildman–Crippen MR) is 126 cm³/mol. The first-order valence-electron chi connectivity index (χ1n) is 11.6. The third kappa shape index (κ3) is 4.45. The summed E-state index contributed by atoms with van der Waals surface area (Å²) in [6, 6.07) is 0. The largest absolute Gasteiger partial charge is 0.341 e. The van der Waals surface area contributed by atoms with Gasteiger partial charge in [-0.2, -0.15) is 0 Å². The van der Waals surface area contributed by atoms with E-state index in [1.165, 1.54) is 22.2 Å². The fourth-order valence-corrected chi connectivity index (χ4v) is 6.11. The summed E-state index contributed by atoms with van der Waals surface area (Å²) in [5, 5.41) is 0.459. The Labute approximate surface area is 192 Å². The molecule has 0 aromatic carbocycles. The van der Waals surface area contributed by atoms with Crippen molar-refractivity contribution in [3.63, 3.8) is 0 Å². The number of aromatic nitrogens is 2. The molecular formula is C23H33N5O3S. The van der Waals surface area contributed by atoms with Crippen LogP contribution in [0.25, 0.3) is 10.2 Å². The van der Waals surface area contributed by atoms with Gasteiger partial charge in [0, 0.05) is 39.3 Å². The lowest BCUT2D eigenvalue weighted by Gasteiger charge is -2.35. The van der Waals surface area contributed by atoms with Crippen LogP contribution in [0.2, 0.25) is 0 Å². The van der Waals surface area contributed by atoms with Crippen molar-refractivity contribution in [3.05, 3.63) is 27.1 Å². The molecule has 2 saturated heterocycles. The number of fused-ring (bicyclic) bond motifs is 1. The van der Waals surface area contributed by atoms with Crippen LogP contribution in [-0.4, -0.2) is 81.9 Å². The zero-order chi connectivity index (χ0) is 23.0. The van der Waals surface area contributed by atoms with Gasteiger partial charge in [0.25, 0.3) is 11.5 Å². The van der Waals surface area contributed by atoms with Crippen LogP contribution in [0.3, 0.4) is 0 Å². The second kappa shape index (κ2) is 9.31. The molecule has 2 unspecified atom stereocenters. The Morgan fingerprint density at radius 1 is 1.09 bits per heavy atom. The van der Waals surface area contributed by atoms with Crippen molar-refractivity contribution in [2.75, 3.05) is 45.8 Å². The number of carbonyl (C=O) groups is 2. The number of amides is 2. The van der Waals surface area contributed by atoms with E-state index in [1.54, 1.807) is 0 Å². The van der Waals surface area contributed by atoms with Gasteiger partial charge in [0.2, 0.25) is 5.91 Å². The van der Waals surface area contributed by atoms with Crippen LogP contribution in [-0.2, 0) is 11.3 Å². The number of piperidine rings is 1. The highest BCUT2D eigenvalue weighted by Crippen LogP contribution is 2.28. The van der Waals surface area contributed by atoms with Crippen molar-refractivity contribution in [1.82, 2.24) is 24.3 Å². The molecule has 2 aromatic heterocycles. The van der Waals surface area contributed by atoms with Gasteiger partial charge >= 0.3 is 0 Å². The monoisotopic (exact) mass is 459 g/mol. The normalized spacial score (nSPS) is 22.5. The molecule has 2 aromatic rings. The molecule has 0 saturated carbocycles. The zero-order valence-corrected chi connectivity index (χ0v) is 20.3. The average molecular weight is 460 g/mol. The molecule has 2 amide bonds. The molecule has 32 heavy (non-hydrogen) atoms. The Morgan fingerprint density at radius 2 is 1.75 bits per heavy atom. The Kier molecular flexibility index (Phi) is 6.67. The van der Waals surface area contributed by atoms with Gasteiger partial charge in [-0.05, 0) is 37.3 Å². The minimum atomic E-state index is -0.245. The first-order chi connectivity index (χ1) is 15.3. The highest BCUT2D eigenvalue weighted by atomic mass is 32.1. The quantitative estimate of drug-likeness (QED) is 0.699. The number of likely N-dealkylation sites (tertiary alicyclic amines) is 1. The van der Waals surface area contributed by atoms with E-state index >= 15 is 0 Å². The van der Waals surface area contributed by atoms with Gasteiger partial charge in [-0.15, -0.1) is 11.3 Å². The summed E-state index contributed by atoms with van der Waals surface area (Å²) in [6.07, 6.45) is 2.57. The van der Waals surface area contributed by atoms with Crippen molar-refractivity contribution in [2.45, 2.75) is 40.7 Å². The molecule has 0 bridgehead atoms. The molecule has 0 spiro atoms. The maximum absolute atomic E-state index is 13.2. The number of rotatable bonds is 4. The van der Waals surface area contributed by atoms with E-state index in [4.69, 9.17) is 0 Å². The van der Waals surface area contributed by atoms with Crippen LogP contribution in [0.5, 0.6) is 0 Å². The summed E-state index contributed by atoms with van der Waals surface area (Å²) in [5.74, 6) is 0.850. The summed E-state index contributed by atoms with van der Waals surface area (Å²) >= 11 is 1.28. The SMILES string of the molecule is CCN1CCN(C(=O)c2sc3ncn(CC(=O)N4CC(C)CC(C)C4)c(=O)c3c2C)CC1. The second-order valence-electron chi connectivity index (χ2n) is 9.39. The van der Waals surface area contributed by atoms with E-state index < -0.39 is 0 Å². The Bertz CT molecular complexity index is 1060. The van der Waals surface area contributed by atoms with E-state index in [0.717, 1.165) is 39.1 Å². The zero-order valence-electron chi connectivity index (χ0n) is 19.5. The van der Waals surface area contributed by atoms with Gasteiger partial charge in [0.1, 0.15) is 11.4 Å². The molecule has 4 rings (SSSR count). The molecular weight excluding hydrogens is 426 g/mol. The first kappa shape index (κ1) is 22.9. The van der Waals surface area contributed by atoms with Crippen LogP contribution in [0.15, 0.2) is 11.1 Å². The standard InChI is InChI=1S/C23H33N5O3S/c1-5-25-6-8-26(9-7-25)23(31)20-17(4)19-21(32-20)24-14-28(22(19)30)13-18(29)27-11-15(2)10-16(3)12-27/h14-16H,5-13H2,1-4H3. The van der Waals surface area contributed by atoms with Crippen LogP contribution in [0.1, 0.15) is 42.4 Å². The number of aryl methyl sites for hydroxylation is 1. The van der Waals surface area contributed by atoms with Gasteiger partial charge in [-0.1, -0.05) is 20.8 Å². The molecule has 8 nitrogen and oxygen atoms in total. The lowest BCUT2D eigenvalue weighted by Crippen LogP contribution is -2.48. The van der Waals surface area contributed by atoms with Gasteiger partial charge in [0.05, 0.1) is 16.6 Å².